The first-order chi connectivity index (χ1) is 9.40. The van der Waals surface area contributed by atoms with Crippen LogP contribution in [0.25, 0.3) is 11.3 Å². The van der Waals surface area contributed by atoms with Crippen LogP contribution < -0.4 is 10.6 Å². The lowest BCUT2D eigenvalue weighted by atomic mass is 10.2. The van der Waals surface area contributed by atoms with E-state index in [1.807, 2.05) is 30.3 Å². The highest BCUT2D eigenvalue weighted by atomic mass is 35.5. The highest BCUT2D eigenvalue weighted by Crippen LogP contribution is 2.21. The monoisotopic (exact) mass is 330 g/mol. The molecule has 0 spiro atoms. The second kappa shape index (κ2) is 11.6. The van der Waals surface area contributed by atoms with Crippen LogP contribution in [0.4, 0.5) is 0 Å². The minimum absolute atomic E-state index is 0. The van der Waals surface area contributed by atoms with Gasteiger partial charge in [-0.2, -0.15) is 0 Å². The van der Waals surface area contributed by atoms with Gasteiger partial charge in [0.15, 0.2) is 0 Å². The third kappa shape index (κ3) is 7.00. The number of furan rings is 1. The molecule has 0 aliphatic carbocycles. The van der Waals surface area contributed by atoms with E-state index in [4.69, 9.17) is 4.42 Å². The molecule has 3 nitrogen and oxygen atoms in total. The van der Waals surface area contributed by atoms with Gasteiger partial charge in [-0.3, -0.25) is 0 Å². The molecule has 21 heavy (non-hydrogen) atoms. The summed E-state index contributed by atoms with van der Waals surface area (Å²) < 4.78 is 5.82. The molecule has 1 heterocycles. The van der Waals surface area contributed by atoms with Gasteiger partial charge < -0.3 is 15.1 Å². The first-order valence-corrected chi connectivity index (χ1v) is 6.95. The standard InChI is InChI=1S/C16H22N2O.2ClH/c1-2-17-11-6-12-18-13-15-9-10-16(19-15)14-7-4-3-5-8-14;;/h3-5,7-10,17-18H,2,6,11-13H2,1H3;2*1H. The molecule has 118 valence electrons. The number of benzene rings is 1. The van der Waals surface area contributed by atoms with Gasteiger partial charge in [-0.05, 0) is 38.2 Å². The molecule has 0 radical (unpaired) electrons. The number of nitrogens with one attached hydrogen (secondary N) is 2. The molecule has 0 unspecified atom stereocenters. The lowest BCUT2D eigenvalue weighted by Crippen LogP contribution is -2.21. The maximum Gasteiger partial charge on any atom is 0.134 e. The van der Waals surface area contributed by atoms with Crippen molar-refractivity contribution in [1.29, 1.82) is 0 Å². The van der Waals surface area contributed by atoms with E-state index in [0.717, 1.165) is 49.7 Å². The molecule has 0 saturated heterocycles. The topological polar surface area (TPSA) is 37.2 Å². The Morgan fingerprint density at radius 2 is 1.62 bits per heavy atom. The predicted molar refractivity (Wildman–Crippen MR) is 93.5 cm³/mol. The van der Waals surface area contributed by atoms with Gasteiger partial charge in [0.25, 0.3) is 0 Å². The molecule has 2 rings (SSSR count). The zero-order chi connectivity index (χ0) is 13.3. The molecule has 1 aromatic carbocycles. The van der Waals surface area contributed by atoms with Crippen LogP contribution >= 0.6 is 24.8 Å². The van der Waals surface area contributed by atoms with Crippen LogP contribution in [0, 0.1) is 0 Å². The van der Waals surface area contributed by atoms with Crippen LogP contribution in [-0.4, -0.2) is 19.6 Å². The fourth-order valence-electron chi connectivity index (χ4n) is 1.96. The van der Waals surface area contributed by atoms with Gasteiger partial charge in [0.05, 0.1) is 6.54 Å². The Morgan fingerprint density at radius 3 is 2.33 bits per heavy atom. The Kier molecular flexibility index (Phi) is 11.1. The highest BCUT2D eigenvalue weighted by molar-refractivity contribution is 5.85. The molecule has 5 heteroatoms. The van der Waals surface area contributed by atoms with Crippen molar-refractivity contribution in [3.8, 4) is 11.3 Å². The minimum Gasteiger partial charge on any atom is -0.460 e. The smallest absolute Gasteiger partial charge is 0.134 e. The second-order valence-corrected chi connectivity index (χ2v) is 4.52. The summed E-state index contributed by atoms with van der Waals surface area (Å²) in [4.78, 5) is 0. The lowest BCUT2D eigenvalue weighted by molar-refractivity contribution is 0.488. The first-order valence-electron chi connectivity index (χ1n) is 6.95. The van der Waals surface area contributed by atoms with Crippen LogP contribution in [0.3, 0.4) is 0 Å². The molecule has 2 N–H and O–H groups in total. The van der Waals surface area contributed by atoms with Crippen LogP contribution in [0.1, 0.15) is 19.1 Å². The van der Waals surface area contributed by atoms with Crippen LogP contribution in [0.2, 0.25) is 0 Å². The van der Waals surface area contributed by atoms with E-state index in [0.29, 0.717) is 0 Å². The average Bonchev–Trinajstić information content (AvgIpc) is 2.92. The lowest BCUT2D eigenvalue weighted by Gasteiger charge is -2.03. The molecular weight excluding hydrogens is 307 g/mol. The zero-order valence-corrected chi connectivity index (χ0v) is 13.9. The van der Waals surface area contributed by atoms with Gasteiger partial charge in [-0.1, -0.05) is 37.3 Å². The normalized spacial score (nSPS) is 9.76. The van der Waals surface area contributed by atoms with Gasteiger partial charge in [0, 0.05) is 5.56 Å². The largest absolute Gasteiger partial charge is 0.460 e. The maximum absolute atomic E-state index is 5.82. The summed E-state index contributed by atoms with van der Waals surface area (Å²) in [6, 6.07) is 14.3. The van der Waals surface area contributed by atoms with Crippen LogP contribution in [0.15, 0.2) is 46.9 Å². The van der Waals surface area contributed by atoms with Crippen molar-refractivity contribution in [2.24, 2.45) is 0 Å². The summed E-state index contributed by atoms with van der Waals surface area (Å²) in [7, 11) is 0. The van der Waals surface area contributed by atoms with Crippen molar-refractivity contribution in [2.75, 3.05) is 19.6 Å². The third-order valence-electron chi connectivity index (χ3n) is 2.98. The number of halogens is 2. The van der Waals surface area contributed by atoms with Crippen molar-refractivity contribution in [3.63, 3.8) is 0 Å². The van der Waals surface area contributed by atoms with Crippen molar-refractivity contribution in [2.45, 2.75) is 19.9 Å². The fraction of sp³-hybridized carbons (Fsp3) is 0.375. The summed E-state index contributed by atoms with van der Waals surface area (Å²) in [5.41, 5.74) is 1.13. The zero-order valence-electron chi connectivity index (χ0n) is 12.3. The highest BCUT2D eigenvalue weighted by Gasteiger charge is 2.03. The first kappa shape index (κ1) is 20.0. The Bertz CT molecular complexity index is 474. The molecule has 0 atom stereocenters. The molecule has 0 bridgehead atoms. The van der Waals surface area contributed by atoms with Crippen molar-refractivity contribution >= 4 is 24.8 Å². The quantitative estimate of drug-likeness (QED) is 0.721. The van der Waals surface area contributed by atoms with Crippen LogP contribution in [0.5, 0.6) is 0 Å². The van der Waals surface area contributed by atoms with E-state index in [1.54, 1.807) is 0 Å². The maximum atomic E-state index is 5.82. The van der Waals surface area contributed by atoms with E-state index in [9.17, 15) is 0 Å². The summed E-state index contributed by atoms with van der Waals surface area (Å²) in [5.74, 6) is 1.92. The summed E-state index contributed by atoms with van der Waals surface area (Å²) >= 11 is 0. The third-order valence-corrected chi connectivity index (χ3v) is 2.98. The van der Waals surface area contributed by atoms with Crippen molar-refractivity contribution in [1.82, 2.24) is 10.6 Å². The Hall–Kier alpha value is -1.000. The number of hydrogen-bond donors (Lipinski definition) is 2. The van der Waals surface area contributed by atoms with E-state index >= 15 is 0 Å². The Labute approximate surface area is 139 Å². The molecule has 0 fully saturated rings. The molecule has 1 aromatic heterocycles. The Balaban J connectivity index is 0.00000200. The van der Waals surface area contributed by atoms with E-state index in [-0.39, 0.29) is 24.8 Å². The van der Waals surface area contributed by atoms with Gasteiger partial charge in [-0.15, -0.1) is 24.8 Å². The van der Waals surface area contributed by atoms with Crippen molar-refractivity contribution < 1.29 is 4.42 Å². The molecule has 0 aliphatic heterocycles. The SMILES string of the molecule is CCNCCCNCc1ccc(-c2ccccc2)o1.Cl.Cl. The Morgan fingerprint density at radius 1 is 0.905 bits per heavy atom. The molecule has 0 aliphatic rings. The molecule has 0 amide bonds. The summed E-state index contributed by atoms with van der Waals surface area (Å²) in [6.45, 7) is 6.03. The van der Waals surface area contributed by atoms with E-state index < -0.39 is 0 Å². The van der Waals surface area contributed by atoms with Gasteiger partial charge in [-0.25, -0.2) is 0 Å². The van der Waals surface area contributed by atoms with E-state index in [1.165, 1.54) is 0 Å². The van der Waals surface area contributed by atoms with Crippen molar-refractivity contribution in [3.05, 3.63) is 48.2 Å². The fourth-order valence-corrected chi connectivity index (χ4v) is 1.96. The summed E-state index contributed by atoms with van der Waals surface area (Å²) in [6.07, 6.45) is 1.14. The predicted octanol–water partition coefficient (Wildman–Crippen LogP) is 3.88. The second-order valence-electron chi connectivity index (χ2n) is 4.52. The molecule has 0 saturated carbocycles. The molecular formula is C16H24Cl2N2O. The van der Waals surface area contributed by atoms with Gasteiger partial charge >= 0.3 is 0 Å². The van der Waals surface area contributed by atoms with Gasteiger partial charge in [0.1, 0.15) is 11.5 Å². The number of hydrogen-bond acceptors (Lipinski definition) is 3. The average molecular weight is 331 g/mol. The molecule has 2 aromatic rings. The van der Waals surface area contributed by atoms with E-state index in [2.05, 4.69) is 29.7 Å². The minimum atomic E-state index is 0. The number of rotatable bonds is 8. The summed E-state index contributed by atoms with van der Waals surface area (Å²) in [5, 5.41) is 6.70. The van der Waals surface area contributed by atoms with Gasteiger partial charge in [0.2, 0.25) is 0 Å². The van der Waals surface area contributed by atoms with Crippen LogP contribution in [-0.2, 0) is 6.54 Å².